The highest BCUT2D eigenvalue weighted by Gasteiger charge is 2.30. The van der Waals surface area contributed by atoms with E-state index >= 15 is 0 Å². The maximum Gasteiger partial charge on any atom is 0.233 e. The van der Waals surface area contributed by atoms with Gasteiger partial charge in [0.05, 0.1) is 28.2 Å². The second-order valence-electron chi connectivity index (χ2n) is 7.39. The number of thioether (sulfide) groups is 1. The van der Waals surface area contributed by atoms with Crippen molar-refractivity contribution in [3.63, 3.8) is 0 Å². The first-order valence-corrected chi connectivity index (χ1v) is 11.7. The number of fused-ring (bicyclic) bond motifs is 1. The van der Waals surface area contributed by atoms with Gasteiger partial charge in [0.2, 0.25) is 11.1 Å². The fraction of sp³-hybridized carbons (Fsp3) is 0.273. The molecule has 4 aromatic rings. The largest absolute Gasteiger partial charge is 0.338 e. The highest BCUT2D eigenvalue weighted by molar-refractivity contribution is 7.99. The van der Waals surface area contributed by atoms with Crippen LogP contribution in [0.5, 0.6) is 0 Å². The number of amides is 1. The molecule has 0 aliphatic heterocycles. The summed E-state index contributed by atoms with van der Waals surface area (Å²) in [5, 5.41) is 6.27. The van der Waals surface area contributed by atoms with Crippen molar-refractivity contribution < 1.29 is 4.79 Å². The zero-order valence-electron chi connectivity index (χ0n) is 16.6. The number of hydrogen-bond acceptors (Lipinski definition) is 6. The Balaban J connectivity index is 1.24. The molecule has 6 nitrogen and oxygen atoms in total. The van der Waals surface area contributed by atoms with Crippen molar-refractivity contribution in [2.75, 3.05) is 12.8 Å². The fourth-order valence-corrected chi connectivity index (χ4v) is 5.04. The summed E-state index contributed by atoms with van der Waals surface area (Å²) in [6.45, 7) is 0.512. The van der Waals surface area contributed by atoms with Crippen molar-refractivity contribution >= 4 is 39.2 Å². The molecule has 0 radical (unpaired) electrons. The van der Waals surface area contributed by atoms with Gasteiger partial charge in [-0.25, -0.2) is 14.6 Å². The van der Waals surface area contributed by atoms with E-state index < -0.39 is 0 Å². The Labute approximate surface area is 183 Å². The van der Waals surface area contributed by atoms with Crippen LogP contribution < -0.4 is 0 Å². The molecule has 0 spiro atoms. The van der Waals surface area contributed by atoms with Gasteiger partial charge in [-0.05, 0) is 37.1 Å². The Morgan fingerprint density at radius 3 is 2.67 bits per heavy atom. The van der Waals surface area contributed by atoms with Crippen LogP contribution in [0.15, 0.2) is 59.8 Å². The Morgan fingerprint density at radius 2 is 1.90 bits per heavy atom. The molecule has 8 heteroatoms. The van der Waals surface area contributed by atoms with Crippen molar-refractivity contribution in [2.45, 2.75) is 30.5 Å². The molecule has 0 saturated heterocycles. The standard InChI is InChI=1S/C22H21N5OS2/c1-26(13-19-23-17-9-5-6-10-18(17)30-19)20(28)14-29-22-24-21(15-11-12-15)27(25-22)16-7-3-2-4-8-16/h2-10,15H,11-14H2,1H3. The van der Waals surface area contributed by atoms with Crippen LogP contribution in [0.25, 0.3) is 15.9 Å². The highest BCUT2D eigenvalue weighted by Crippen LogP contribution is 2.40. The molecular formula is C22H21N5OS2. The quantitative estimate of drug-likeness (QED) is 0.400. The fourth-order valence-electron chi connectivity index (χ4n) is 3.25. The minimum Gasteiger partial charge on any atom is -0.338 e. The third-order valence-electron chi connectivity index (χ3n) is 5.02. The van der Waals surface area contributed by atoms with Crippen molar-refractivity contribution in [1.29, 1.82) is 0 Å². The van der Waals surface area contributed by atoms with E-state index in [1.54, 1.807) is 16.2 Å². The molecule has 0 bridgehead atoms. The summed E-state index contributed by atoms with van der Waals surface area (Å²) < 4.78 is 3.07. The summed E-state index contributed by atoms with van der Waals surface area (Å²) in [5.41, 5.74) is 1.99. The third kappa shape index (κ3) is 4.11. The number of hydrogen-bond donors (Lipinski definition) is 0. The molecule has 1 aliphatic rings. The topological polar surface area (TPSA) is 63.9 Å². The van der Waals surface area contributed by atoms with E-state index in [1.807, 2.05) is 60.3 Å². The lowest BCUT2D eigenvalue weighted by atomic mass is 10.3. The normalized spacial score (nSPS) is 13.6. The van der Waals surface area contributed by atoms with Gasteiger partial charge in [-0.2, -0.15) is 0 Å². The molecule has 1 saturated carbocycles. The summed E-state index contributed by atoms with van der Waals surface area (Å²) >= 11 is 3.03. The average molecular weight is 436 g/mol. The van der Waals surface area contributed by atoms with Gasteiger partial charge in [0.25, 0.3) is 0 Å². The molecule has 2 aromatic heterocycles. The molecule has 0 N–H and O–H groups in total. The zero-order valence-corrected chi connectivity index (χ0v) is 18.2. The molecule has 2 aromatic carbocycles. The van der Waals surface area contributed by atoms with Crippen molar-refractivity contribution in [1.82, 2.24) is 24.6 Å². The molecule has 1 amide bonds. The minimum atomic E-state index is 0.0447. The lowest BCUT2D eigenvalue weighted by molar-refractivity contribution is -0.127. The number of carbonyl (C=O) groups excluding carboxylic acids is 1. The Kier molecular flexibility index (Phi) is 5.26. The summed E-state index contributed by atoms with van der Waals surface area (Å²) in [6.07, 6.45) is 2.30. The van der Waals surface area contributed by atoms with Gasteiger partial charge in [0.1, 0.15) is 10.8 Å². The molecule has 30 heavy (non-hydrogen) atoms. The van der Waals surface area contributed by atoms with Crippen molar-refractivity contribution in [2.24, 2.45) is 0 Å². The maximum atomic E-state index is 12.7. The highest BCUT2D eigenvalue weighted by atomic mass is 32.2. The number of rotatable bonds is 7. The van der Waals surface area contributed by atoms with Gasteiger partial charge in [-0.3, -0.25) is 4.79 Å². The molecule has 2 heterocycles. The van der Waals surface area contributed by atoms with Crippen LogP contribution in [0.2, 0.25) is 0 Å². The Hall–Kier alpha value is -2.71. The second-order valence-corrected chi connectivity index (χ2v) is 9.45. The number of benzene rings is 2. The van der Waals surface area contributed by atoms with E-state index in [9.17, 15) is 4.79 Å². The van der Waals surface area contributed by atoms with Crippen LogP contribution in [0, 0.1) is 0 Å². The van der Waals surface area contributed by atoms with Crippen LogP contribution >= 0.6 is 23.1 Å². The maximum absolute atomic E-state index is 12.7. The van der Waals surface area contributed by atoms with Gasteiger partial charge in [-0.1, -0.05) is 42.1 Å². The van der Waals surface area contributed by atoms with Crippen LogP contribution in [0.4, 0.5) is 0 Å². The molecule has 1 aliphatic carbocycles. The number of thiazole rings is 1. The Morgan fingerprint density at radius 1 is 1.13 bits per heavy atom. The summed E-state index contributed by atoms with van der Waals surface area (Å²) in [6, 6.07) is 18.1. The van der Waals surface area contributed by atoms with Crippen LogP contribution in [-0.2, 0) is 11.3 Å². The first-order valence-electron chi connectivity index (χ1n) is 9.91. The van der Waals surface area contributed by atoms with E-state index in [0.29, 0.717) is 23.4 Å². The average Bonchev–Trinajstić information content (AvgIpc) is 3.39. The van der Waals surface area contributed by atoms with Gasteiger partial charge >= 0.3 is 0 Å². The number of carbonyl (C=O) groups is 1. The van der Waals surface area contributed by atoms with Gasteiger partial charge < -0.3 is 4.90 Å². The van der Waals surface area contributed by atoms with E-state index in [1.165, 1.54) is 11.8 Å². The van der Waals surface area contributed by atoms with Gasteiger partial charge in [0.15, 0.2) is 0 Å². The minimum absolute atomic E-state index is 0.0447. The van der Waals surface area contributed by atoms with E-state index in [2.05, 4.69) is 16.1 Å². The lowest BCUT2D eigenvalue weighted by Gasteiger charge is -2.14. The SMILES string of the molecule is CN(Cc1nc2ccccc2s1)C(=O)CSc1nc(C2CC2)n(-c2ccccc2)n1. The molecule has 0 unspecified atom stereocenters. The summed E-state index contributed by atoms with van der Waals surface area (Å²) in [7, 11) is 1.82. The Bertz CT molecular complexity index is 1150. The van der Waals surface area contributed by atoms with Gasteiger partial charge in [-0.15, -0.1) is 16.4 Å². The third-order valence-corrected chi connectivity index (χ3v) is 6.86. The van der Waals surface area contributed by atoms with Crippen LogP contribution in [0.1, 0.15) is 29.6 Å². The van der Waals surface area contributed by atoms with Crippen molar-refractivity contribution in [3.05, 3.63) is 65.4 Å². The van der Waals surface area contributed by atoms with E-state index in [-0.39, 0.29) is 5.91 Å². The van der Waals surface area contributed by atoms with Crippen LogP contribution in [0.3, 0.4) is 0 Å². The molecule has 152 valence electrons. The second kappa shape index (κ2) is 8.20. The summed E-state index contributed by atoms with van der Waals surface area (Å²) in [5.74, 6) is 1.83. The first kappa shape index (κ1) is 19.3. The first-order chi connectivity index (χ1) is 14.7. The van der Waals surface area contributed by atoms with Crippen LogP contribution in [-0.4, -0.2) is 43.4 Å². The lowest BCUT2D eigenvalue weighted by Crippen LogP contribution is -2.27. The monoisotopic (exact) mass is 435 g/mol. The number of aromatic nitrogens is 4. The number of para-hydroxylation sites is 2. The molecular weight excluding hydrogens is 414 g/mol. The zero-order chi connectivity index (χ0) is 20.5. The van der Waals surface area contributed by atoms with Gasteiger partial charge in [0, 0.05) is 13.0 Å². The predicted octanol–water partition coefficient (Wildman–Crippen LogP) is 4.51. The van der Waals surface area contributed by atoms with E-state index in [0.717, 1.165) is 39.6 Å². The molecule has 1 fully saturated rings. The van der Waals surface area contributed by atoms with E-state index in [4.69, 9.17) is 4.98 Å². The molecule has 5 rings (SSSR count). The van der Waals surface area contributed by atoms with Crippen molar-refractivity contribution in [3.8, 4) is 5.69 Å². The summed E-state index contributed by atoms with van der Waals surface area (Å²) in [4.78, 5) is 23.7. The predicted molar refractivity (Wildman–Crippen MR) is 120 cm³/mol. The smallest absolute Gasteiger partial charge is 0.233 e. The number of nitrogens with zero attached hydrogens (tertiary/aromatic N) is 5. The molecule has 0 atom stereocenters.